The normalized spacial score (nSPS) is 17.2. The maximum absolute atomic E-state index is 4.42. The third kappa shape index (κ3) is 1.45. The van der Waals surface area contributed by atoms with Gasteiger partial charge in [0.2, 0.25) is 0 Å². The van der Waals surface area contributed by atoms with E-state index in [2.05, 4.69) is 25.2 Å². The van der Waals surface area contributed by atoms with Gasteiger partial charge in [0.25, 0.3) is 0 Å². The van der Waals surface area contributed by atoms with Crippen LogP contribution in [0.4, 0.5) is 5.82 Å². The number of anilines is 1. The van der Waals surface area contributed by atoms with Gasteiger partial charge in [0.1, 0.15) is 5.52 Å². The van der Waals surface area contributed by atoms with Crippen LogP contribution < -0.4 is 10.2 Å². The molecule has 0 aliphatic carbocycles. The van der Waals surface area contributed by atoms with E-state index in [1.54, 1.807) is 6.33 Å². The lowest BCUT2D eigenvalue weighted by molar-refractivity contribution is 0.586. The summed E-state index contributed by atoms with van der Waals surface area (Å²) in [5.74, 6) is 0.996. The molecule has 1 aliphatic rings. The van der Waals surface area contributed by atoms with Crippen molar-refractivity contribution in [2.75, 3.05) is 31.1 Å². The molecule has 3 heterocycles. The molecule has 3 rings (SSSR count). The van der Waals surface area contributed by atoms with E-state index in [1.807, 2.05) is 12.3 Å². The van der Waals surface area contributed by atoms with Crippen LogP contribution in [0.5, 0.6) is 0 Å². The van der Waals surface area contributed by atoms with Crippen LogP contribution in [0.15, 0.2) is 18.6 Å². The first-order chi connectivity index (χ1) is 7.45. The largest absolute Gasteiger partial charge is 0.352 e. The minimum Gasteiger partial charge on any atom is -0.352 e. The first-order valence-corrected chi connectivity index (χ1v) is 5.19. The van der Waals surface area contributed by atoms with Gasteiger partial charge in [-0.2, -0.15) is 0 Å². The molecule has 2 aromatic heterocycles. The Labute approximate surface area is 87.5 Å². The van der Waals surface area contributed by atoms with Crippen molar-refractivity contribution in [2.45, 2.75) is 0 Å². The van der Waals surface area contributed by atoms with E-state index in [9.17, 15) is 0 Å². The zero-order valence-corrected chi connectivity index (χ0v) is 8.40. The Morgan fingerprint density at radius 2 is 2.07 bits per heavy atom. The average molecular weight is 203 g/mol. The van der Waals surface area contributed by atoms with Crippen LogP contribution in [0.1, 0.15) is 0 Å². The highest BCUT2D eigenvalue weighted by molar-refractivity contribution is 5.85. The molecule has 1 saturated heterocycles. The van der Waals surface area contributed by atoms with E-state index in [4.69, 9.17) is 0 Å². The maximum atomic E-state index is 4.42. The van der Waals surface area contributed by atoms with Crippen molar-refractivity contribution in [3.05, 3.63) is 18.6 Å². The molecule has 0 amide bonds. The summed E-state index contributed by atoms with van der Waals surface area (Å²) >= 11 is 0. The molecule has 5 heteroatoms. The third-order valence-electron chi connectivity index (χ3n) is 2.74. The Bertz CT molecular complexity index is 458. The van der Waals surface area contributed by atoms with Crippen LogP contribution in [0.3, 0.4) is 0 Å². The first-order valence-electron chi connectivity index (χ1n) is 5.19. The summed E-state index contributed by atoms with van der Waals surface area (Å²) in [6, 6.07) is 1.95. The summed E-state index contributed by atoms with van der Waals surface area (Å²) in [4.78, 5) is 14.1. The third-order valence-corrected chi connectivity index (χ3v) is 2.74. The number of fused-ring (bicyclic) bond motifs is 1. The summed E-state index contributed by atoms with van der Waals surface area (Å²) in [6.45, 7) is 4.03. The summed E-state index contributed by atoms with van der Waals surface area (Å²) in [6.07, 6.45) is 3.55. The molecule has 0 bridgehead atoms. The van der Waals surface area contributed by atoms with E-state index >= 15 is 0 Å². The fourth-order valence-electron chi connectivity index (χ4n) is 1.96. The van der Waals surface area contributed by atoms with E-state index in [-0.39, 0.29) is 0 Å². The molecule has 15 heavy (non-hydrogen) atoms. The van der Waals surface area contributed by atoms with Gasteiger partial charge in [-0.05, 0) is 6.07 Å². The molecule has 0 spiro atoms. The number of H-pyrrole nitrogens is 1. The maximum Gasteiger partial charge on any atom is 0.156 e. The molecule has 0 atom stereocenters. The number of aromatic amines is 1. The van der Waals surface area contributed by atoms with E-state index in [0.717, 1.165) is 43.0 Å². The Morgan fingerprint density at radius 3 is 2.93 bits per heavy atom. The predicted octanol–water partition coefficient (Wildman–Crippen LogP) is 0.367. The number of piperazine rings is 1. The fourth-order valence-corrected chi connectivity index (χ4v) is 1.96. The highest BCUT2D eigenvalue weighted by atomic mass is 15.2. The smallest absolute Gasteiger partial charge is 0.156 e. The van der Waals surface area contributed by atoms with Crippen molar-refractivity contribution in [2.24, 2.45) is 0 Å². The van der Waals surface area contributed by atoms with E-state index < -0.39 is 0 Å². The van der Waals surface area contributed by atoms with Gasteiger partial charge in [-0.3, -0.25) is 0 Å². The summed E-state index contributed by atoms with van der Waals surface area (Å²) in [5.41, 5.74) is 2.03. The number of nitrogens with one attached hydrogen (secondary N) is 2. The summed E-state index contributed by atoms with van der Waals surface area (Å²) in [7, 11) is 0. The average Bonchev–Trinajstić information content (AvgIpc) is 2.78. The van der Waals surface area contributed by atoms with Crippen molar-refractivity contribution < 1.29 is 0 Å². The molecule has 1 fully saturated rings. The first kappa shape index (κ1) is 8.67. The molecular formula is C10H13N5. The topological polar surface area (TPSA) is 56.8 Å². The van der Waals surface area contributed by atoms with Crippen LogP contribution in [-0.2, 0) is 0 Å². The van der Waals surface area contributed by atoms with Crippen LogP contribution >= 0.6 is 0 Å². The molecule has 0 unspecified atom stereocenters. The lowest BCUT2D eigenvalue weighted by Gasteiger charge is -2.28. The highest BCUT2D eigenvalue weighted by Crippen LogP contribution is 2.20. The number of aromatic nitrogens is 3. The molecule has 0 aromatic carbocycles. The van der Waals surface area contributed by atoms with Crippen LogP contribution in [0.25, 0.3) is 11.0 Å². The van der Waals surface area contributed by atoms with E-state index in [0.29, 0.717) is 0 Å². The van der Waals surface area contributed by atoms with Gasteiger partial charge in [-0.15, -0.1) is 0 Å². The fraction of sp³-hybridized carbons (Fsp3) is 0.400. The Balaban J connectivity index is 2.05. The van der Waals surface area contributed by atoms with Crippen LogP contribution in [0.2, 0.25) is 0 Å². The monoisotopic (exact) mass is 203 g/mol. The number of rotatable bonds is 1. The van der Waals surface area contributed by atoms with Gasteiger partial charge < -0.3 is 15.2 Å². The van der Waals surface area contributed by atoms with Crippen molar-refractivity contribution in [1.82, 2.24) is 20.3 Å². The number of imidazole rings is 1. The molecular weight excluding hydrogens is 190 g/mol. The SMILES string of the molecule is c1cc2[nH]cnc2c(N2CCNCC2)n1. The van der Waals surface area contributed by atoms with Gasteiger partial charge in [-0.1, -0.05) is 0 Å². The van der Waals surface area contributed by atoms with Gasteiger partial charge >= 0.3 is 0 Å². The number of hydrogen-bond acceptors (Lipinski definition) is 4. The van der Waals surface area contributed by atoms with Crippen molar-refractivity contribution in [1.29, 1.82) is 0 Å². The molecule has 0 saturated carbocycles. The minimum atomic E-state index is 0.972. The highest BCUT2D eigenvalue weighted by Gasteiger charge is 2.15. The van der Waals surface area contributed by atoms with E-state index in [1.165, 1.54) is 0 Å². The quantitative estimate of drug-likeness (QED) is 0.703. The Morgan fingerprint density at radius 1 is 1.20 bits per heavy atom. The summed E-state index contributed by atoms with van der Waals surface area (Å²) in [5, 5.41) is 3.33. The molecule has 0 radical (unpaired) electrons. The standard InChI is InChI=1S/C10H13N5/c1-2-12-10(9-8(1)13-7-14-9)15-5-3-11-4-6-15/h1-2,7,11H,3-6H2,(H,13,14). The lowest BCUT2D eigenvalue weighted by Crippen LogP contribution is -2.44. The minimum absolute atomic E-state index is 0.972. The summed E-state index contributed by atoms with van der Waals surface area (Å²) < 4.78 is 0. The van der Waals surface area contributed by atoms with Crippen molar-refractivity contribution >= 4 is 16.9 Å². The predicted molar refractivity (Wildman–Crippen MR) is 59.0 cm³/mol. The second-order valence-electron chi connectivity index (χ2n) is 3.67. The van der Waals surface area contributed by atoms with Gasteiger partial charge in [-0.25, -0.2) is 9.97 Å². The second kappa shape index (κ2) is 3.51. The molecule has 2 aromatic rings. The Kier molecular flexibility index (Phi) is 2.03. The molecule has 5 nitrogen and oxygen atoms in total. The number of hydrogen-bond donors (Lipinski definition) is 2. The molecule has 1 aliphatic heterocycles. The van der Waals surface area contributed by atoms with Crippen LogP contribution in [0, 0.1) is 0 Å². The van der Waals surface area contributed by atoms with Gasteiger partial charge in [0.05, 0.1) is 11.8 Å². The van der Waals surface area contributed by atoms with Gasteiger partial charge in [0.15, 0.2) is 5.82 Å². The molecule has 78 valence electrons. The van der Waals surface area contributed by atoms with Crippen molar-refractivity contribution in [3.8, 4) is 0 Å². The van der Waals surface area contributed by atoms with Gasteiger partial charge in [0, 0.05) is 32.4 Å². The lowest BCUT2D eigenvalue weighted by atomic mass is 10.3. The zero-order valence-electron chi connectivity index (χ0n) is 8.40. The van der Waals surface area contributed by atoms with Crippen molar-refractivity contribution in [3.63, 3.8) is 0 Å². The zero-order chi connectivity index (χ0) is 10.1. The second-order valence-corrected chi connectivity index (χ2v) is 3.67. The number of pyridine rings is 1. The molecule has 2 N–H and O–H groups in total. The van der Waals surface area contributed by atoms with Crippen LogP contribution in [-0.4, -0.2) is 41.1 Å². The Hall–Kier alpha value is -1.62. The number of nitrogens with zero attached hydrogens (tertiary/aromatic N) is 3.